The Labute approximate surface area is 368 Å². The molecule has 3 N–H and O–H groups in total. The van der Waals surface area contributed by atoms with Crippen molar-refractivity contribution in [1.29, 1.82) is 0 Å². The number of fused-ring (bicyclic) bond motifs is 2. The van der Waals surface area contributed by atoms with Crippen LogP contribution in [0.1, 0.15) is 50.1 Å². The number of carbonyl (C=O) groups is 1. The molecule has 1 aliphatic carbocycles. The summed E-state index contributed by atoms with van der Waals surface area (Å²) in [5, 5.41) is 7.49. The third kappa shape index (κ3) is 7.96. The zero-order chi connectivity index (χ0) is 42.6. The monoisotopic (exact) mass is 962 g/mol. The molecule has 0 atom stereocenters. The van der Waals surface area contributed by atoms with E-state index in [4.69, 9.17) is 16.3 Å². The van der Waals surface area contributed by atoms with Crippen LogP contribution >= 0.6 is 34.2 Å². The van der Waals surface area contributed by atoms with Crippen LogP contribution in [-0.4, -0.2) is 85.4 Å². The number of benzene rings is 2. The van der Waals surface area contributed by atoms with E-state index in [1.165, 1.54) is 32.9 Å². The highest BCUT2D eigenvalue weighted by molar-refractivity contribution is 14.1. The van der Waals surface area contributed by atoms with Gasteiger partial charge in [-0.1, -0.05) is 17.7 Å². The number of hydrogen-bond acceptors (Lipinski definition) is 10. The fourth-order valence-corrected chi connectivity index (χ4v) is 9.59. The van der Waals surface area contributed by atoms with Gasteiger partial charge in [0, 0.05) is 53.7 Å². The van der Waals surface area contributed by atoms with E-state index in [9.17, 15) is 19.2 Å². The Balaban J connectivity index is 0.839. The quantitative estimate of drug-likeness (QED) is 0.0945. The van der Waals surface area contributed by atoms with Gasteiger partial charge < -0.3 is 30.2 Å². The molecule has 0 bridgehead atoms. The van der Waals surface area contributed by atoms with Gasteiger partial charge in [-0.3, -0.25) is 28.1 Å². The van der Waals surface area contributed by atoms with E-state index in [-0.39, 0.29) is 58.4 Å². The first-order valence-corrected chi connectivity index (χ1v) is 21.9. The summed E-state index contributed by atoms with van der Waals surface area (Å²) >= 11 is 8.47. The Morgan fingerprint density at radius 1 is 1.03 bits per heavy atom. The standard InChI is InChI=1S/C43H45ClFIN10O5/c1-25-36-35(39(52(2)40(25)58)51-32-9-6-26(46)20-31(32)45)41(59)56(28-7-8-28)42(60)55(36)29-5-3-4-27(21-29)50-33(57)10-18-61-19-17-53-14-11-43(12-15-53)13-16-54(23-43)38-34-30(44)22-47-37(34)48-24-49-38/h3-6,9,20-22,24,28,51H,7-8,10-19,23H2,1-2H3,(H,50,57)(H,47,48,49). The van der Waals surface area contributed by atoms with Crippen LogP contribution in [0.3, 0.4) is 0 Å². The summed E-state index contributed by atoms with van der Waals surface area (Å²) in [5.74, 6) is 0.138. The molecule has 9 rings (SSSR count). The van der Waals surface area contributed by atoms with Gasteiger partial charge in [0.25, 0.3) is 11.1 Å². The zero-order valence-corrected chi connectivity index (χ0v) is 36.7. The van der Waals surface area contributed by atoms with Crippen molar-refractivity contribution in [3.8, 4) is 5.69 Å². The lowest BCUT2D eigenvalue weighted by Gasteiger charge is -2.39. The number of halogens is 3. The van der Waals surface area contributed by atoms with Crippen molar-refractivity contribution in [2.24, 2.45) is 12.5 Å². The molecule has 2 aliphatic heterocycles. The van der Waals surface area contributed by atoms with E-state index in [1.54, 1.807) is 49.8 Å². The van der Waals surface area contributed by atoms with Crippen LogP contribution in [0.15, 0.2) is 69.4 Å². The number of rotatable bonds is 12. The first kappa shape index (κ1) is 41.3. The average molecular weight is 963 g/mol. The van der Waals surface area contributed by atoms with Crippen molar-refractivity contribution in [3.63, 3.8) is 0 Å². The van der Waals surface area contributed by atoms with Gasteiger partial charge in [-0.15, -0.1) is 0 Å². The highest BCUT2D eigenvalue weighted by Gasteiger charge is 2.41. The second-order valence-electron chi connectivity index (χ2n) is 16.4. The van der Waals surface area contributed by atoms with E-state index in [0.29, 0.717) is 39.4 Å². The van der Waals surface area contributed by atoms with Crippen LogP contribution in [-0.2, 0) is 16.6 Å². The van der Waals surface area contributed by atoms with Crippen LogP contribution in [0.4, 0.5) is 27.4 Å². The molecule has 18 heteroatoms. The van der Waals surface area contributed by atoms with Crippen molar-refractivity contribution in [2.75, 3.05) is 61.5 Å². The lowest BCUT2D eigenvalue weighted by Crippen LogP contribution is -2.42. The molecule has 0 unspecified atom stereocenters. The summed E-state index contributed by atoms with van der Waals surface area (Å²) in [6.07, 6.45) is 8.05. The van der Waals surface area contributed by atoms with E-state index in [0.717, 1.165) is 68.8 Å². The number of H-pyrrole nitrogens is 1. The van der Waals surface area contributed by atoms with Crippen LogP contribution in [0.5, 0.6) is 0 Å². The molecule has 2 saturated heterocycles. The molecule has 3 aliphatic rings. The largest absolute Gasteiger partial charge is 0.380 e. The summed E-state index contributed by atoms with van der Waals surface area (Å²) in [5.41, 5.74) is 0.510. The minimum absolute atomic E-state index is 0.0667. The number of anilines is 4. The van der Waals surface area contributed by atoms with E-state index < -0.39 is 22.6 Å². The Bertz CT molecular complexity index is 2880. The Hall–Kier alpha value is -5.11. The SMILES string of the molecule is Cc1c(=O)n(C)c(Nc2ccc(I)cc2F)c2c(=O)n(C3CC3)c(=O)n(-c3cccc(NC(=O)CCOCCN4CCC5(CC4)CCN(c4ncnc6[nH]cc(Cl)c46)C5)c3)c12. The maximum atomic E-state index is 15.1. The zero-order valence-electron chi connectivity index (χ0n) is 33.8. The van der Waals surface area contributed by atoms with Gasteiger partial charge >= 0.3 is 5.69 Å². The number of aryl methyl sites for hydroxylation is 1. The smallest absolute Gasteiger partial charge is 0.336 e. The fourth-order valence-electron chi connectivity index (χ4n) is 8.90. The maximum absolute atomic E-state index is 15.1. The van der Waals surface area contributed by atoms with E-state index in [1.807, 2.05) is 22.6 Å². The number of carbonyl (C=O) groups excluding carboxylic acids is 1. The van der Waals surface area contributed by atoms with E-state index in [2.05, 4.69) is 35.4 Å². The molecule has 318 valence electrons. The van der Waals surface area contributed by atoms with Gasteiger partial charge in [0.05, 0.1) is 46.9 Å². The maximum Gasteiger partial charge on any atom is 0.336 e. The molecule has 15 nitrogen and oxygen atoms in total. The van der Waals surface area contributed by atoms with Crippen LogP contribution in [0, 0.1) is 21.7 Å². The molecular formula is C43H45ClFIN10O5. The molecular weight excluding hydrogens is 918 g/mol. The Morgan fingerprint density at radius 2 is 1.82 bits per heavy atom. The number of aromatic amines is 1. The highest BCUT2D eigenvalue weighted by atomic mass is 127. The van der Waals surface area contributed by atoms with Crippen molar-refractivity contribution in [2.45, 2.75) is 51.5 Å². The molecule has 2 aromatic carbocycles. The van der Waals surface area contributed by atoms with Crippen molar-refractivity contribution in [3.05, 3.63) is 106 Å². The number of nitrogens with zero attached hydrogens (tertiary/aromatic N) is 7. The Morgan fingerprint density at radius 3 is 2.59 bits per heavy atom. The summed E-state index contributed by atoms with van der Waals surface area (Å²) in [6, 6.07) is 11.0. The molecule has 1 saturated carbocycles. The first-order chi connectivity index (χ1) is 29.4. The van der Waals surface area contributed by atoms with Gasteiger partial charge in [0.2, 0.25) is 5.91 Å². The van der Waals surface area contributed by atoms with Gasteiger partial charge in [-0.25, -0.2) is 19.2 Å². The summed E-state index contributed by atoms with van der Waals surface area (Å²) < 4.78 is 25.5. The molecule has 4 aromatic heterocycles. The molecule has 3 fully saturated rings. The molecule has 6 aromatic rings. The molecule has 6 heterocycles. The number of pyridine rings is 1. The molecule has 61 heavy (non-hydrogen) atoms. The molecule has 1 amide bonds. The van der Waals surface area contributed by atoms with E-state index >= 15 is 4.39 Å². The topological polar surface area (TPSA) is 164 Å². The van der Waals surface area contributed by atoms with Crippen molar-refractivity contribution >= 4 is 85.0 Å². The second kappa shape index (κ2) is 16.6. The number of amides is 1. The summed E-state index contributed by atoms with van der Waals surface area (Å²) in [7, 11) is 1.50. The lowest BCUT2D eigenvalue weighted by atomic mass is 9.78. The minimum Gasteiger partial charge on any atom is -0.380 e. The minimum atomic E-state index is -0.598. The second-order valence-corrected chi connectivity index (χ2v) is 18.0. The van der Waals surface area contributed by atoms with Crippen LogP contribution in [0.2, 0.25) is 5.02 Å². The number of aromatic nitrogens is 6. The summed E-state index contributed by atoms with van der Waals surface area (Å²) in [6.45, 7) is 6.92. The molecule has 1 spiro atoms. The van der Waals surface area contributed by atoms with Crippen LogP contribution in [0.25, 0.3) is 27.6 Å². The Kier molecular flexibility index (Phi) is 11.3. The molecule has 0 radical (unpaired) electrons. The van der Waals surface area contributed by atoms with Gasteiger partial charge in [0.1, 0.15) is 34.8 Å². The van der Waals surface area contributed by atoms with Gasteiger partial charge in [-0.2, -0.15) is 0 Å². The third-order valence-corrected chi connectivity index (χ3v) is 13.4. The predicted molar refractivity (Wildman–Crippen MR) is 242 cm³/mol. The normalized spacial score (nSPS) is 16.6. The number of likely N-dealkylation sites (tertiary alicyclic amines) is 1. The van der Waals surface area contributed by atoms with Crippen molar-refractivity contribution < 1.29 is 13.9 Å². The number of hydrogen-bond donors (Lipinski definition) is 3. The number of ether oxygens (including phenoxy) is 1. The van der Waals surface area contributed by atoms with Crippen LogP contribution < -0.4 is 32.3 Å². The lowest BCUT2D eigenvalue weighted by molar-refractivity contribution is -0.117. The van der Waals surface area contributed by atoms with Gasteiger partial charge in [-0.05, 0) is 117 Å². The fraction of sp³-hybridized carbons (Fsp3) is 0.395. The predicted octanol–water partition coefficient (Wildman–Crippen LogP) is 6.24. The first-order valence-electron chi connectivity index (χ1n) is 20.5. The third-order valence-electron chi connectivity index (χ3n) is 12.4. The van der Waals surface area contributed by atoms with Gasteiger partial charge in [0.15, 0.2) is 0 Å². The number of piperidine rings is 1. The summed E-state index contributed by atoms with van der Waals surface area (Å²) in [4.78, 5) is 72.0. The average Bonchev–Trinajstić information content (AvgIpc) is 3.88. The highest BCUT2D eigenvalue weighted by Crippen LogP contribution is 2.43. The number of nitrogens with one attached hydrogen (secondary N) is 3. The van der Waals surface area contributed by atoms with Crippen molar-refractivity contribution in [1.82, 2.24) is 33.6 Å².